The van der Waals surface area contributed by atoms with Crippen molar-refractivity contribution < 1.29 is 22.7 Å². The van der Waals surface area contributed by atoms with Crippen LogP contribution in [0.1, 0.15) is 20.3 Å². The Labute approximate surface area is 165 Å². The zero-order chi connectivity index (χ0) is 20.3. The molecule has 7 nitrogen and oxygen atoms in total. The van der Waals surface area contributed by atoms with E-state index in [-0.39, 0.29) is 25.0 Å². The fraction of sp³-hybridized carbons (Fsp3) is 0.350. The Morgan fingerprint density at radius 1 is 1.21 bits per heavy atom. The Morgan fingerprint density at radius 3 is 2.68 bits per heavy atom. The van der Waals surface area contributed by atoms with Gasteiger partial charge in [-0.15, -0.1) is 0 Å². The molecule has 0 bridgehead atoms. The maximum Gasteiger partial charge on any atom is 0.265 e. The lowest BCUT2D eigenvalue weighted by Gasteiger charge is -2.20. The first kappa shape index (κ1) is 20.0. The third-order valence-corrected chi connectivity index (χ3v) is 5.34. The van der Waals surface area contributed by atoms with Gasteiger partial charge in [-0.1, -0.05) is 18.2 Å². The van der Waals surface area contributed by atoms with E-state index in [4.69, 9.17) is 9.47 Å². The number of amides is 1. The highest BCUT2D eigenvalue weighted by Gasteiger charge is 2.31. The van der Waals surface area contributed by atoms with E-state index in [0.717, 1.165) is 6.26 Å². The second kappa shape index (κ2) is 8.10. The van der Waals surface area contributed by atoms with Gasteiger partial charge in [0.2, 0.25) is 10.0 Å². The molecule has 1 unspecified atom stereocenters. The first-order chi connectivity index (χ1) is 13.2. The Bertz CT molecular complexity index is 959. The Balaban J connectivity index is 1.79. The molecule has 0 fully saturated rings. The summed E-state index contributed by atoms with van der Waals surface area (Å²) >= 11 is 0. The van der Waals surface area contributed by atoms with Crippen LogP contribution in [0, 0.1) is 0 Å². The molecule has 2 aromatic carbocycles. The van der Waals surface area contributed by atoms with Gasteiger partial charge >= 0.3 is 0 Å². The molecule has 0 spiro atoms. The van der Waals surface area contributed by atoms with E-state index in [1.807, 2.05) is 19.9 Å². The molecule has 8 heteroatoms. The number of para-hydroxylation sites is 2. The predicted molar refractivity (Wildman–Crippen MR) is 109 cm³/mol. The molecule has 1 heterocycles. The highest BCUT2D eigenvalue weighted by molar-refractivity contribution is 7.92. The van der Waals surface area contributed by atoms with Gasteiger partial charge in [-0.3, -0.25) is 9.10 Å². The summed E-state index contributed by atoms with van der Waals surface area (Å²) in [6.07, 6.45) is 0.581. The first-order valence-corrected chi connectivity index (χ1v) is 10.9. The van der Waals surface area contributed by atoms with Crippen molar-refractivity contribution in [1.82, 2.24) is 0 Å². The van der Waals surface area contributed by atoms with Crippen LogP contribution in [0.3, 0.4) is 0 Å². The summed E-state index contributed by atoms with van der Waals surface area (Å²) in [6.45, 7) is 4.01. The number of carbonyl (C=O) groups is 1. The van der Waals surface area contributed by atoms with E-state index in [2.05, 4.69) is 5.32 Å². The monoisotopic (exact) mass is 404 g/mol. The number of nitrogens with zero attached hydrogens (tertiary/aromatic N) is 1. The summed E-state index contributed by atoms with van der Waals surface area (Å²) in [5.41, 5.74) is 1.02. The second-order valence-electron chi connectivity index (χ2n) is 6.88. The molecule has 1 amide bonds. The second-order valence-corrected chi connectivity index (χ2v) is 8.79. The third-order valence-electron chi connectivity index (χ3n) is 4.16. The number of hydrogen-bond donors (Lipinski definition) is 1. The van der Waals surface area contributed by atoms with E-state index in [9.17, 15) is 13.2 Å². The molecule has 1 atom stereocenters. The SMILES string of the molecule is CC(C)Oc1cccc(NC(=O)C2CCN(S(C)(=O)=O)c3ccccc3O2)c1. The van der Waals surface area contributed by atoms with Crippen molar-refractivity contribution in [1.29, 1.82) is 0 Å². The van der Waals surface area contributed by atoms with E-state index in [0.29, 0.717) is 22.9 Å². The summed E-state index contributed by atoms with van der Waals surface area (Å²) in [5, 5.41) is 2.83. The van der Waals surface area contributed by atoms with Gasteiger partial charge in [-0.2, -0.15) is 0 Å². The highest BCUT2D eigenvalue weighted by Crippen LogP contribution is 2.34. The molecule has 0 aliphatic carbocycles. The minimum absolute atomic E-state index is 0.0228. The number of ether oxygens (including phenoxy) is 2. The summed E-state index contributed by atoms with van der Waals surface area (Å²) in [5.74, 6) is 0.678. The molecule has 0 aromatic heterocycles. The average Bonchev–Trinajstić information content (AvgIpc) is 2.81. The smallest absolute Gasteiger partial charge is 0.265 e. The van der Waals surface area contributed by atoms with Gasteiger partial charge in [-0.05, 0) is 38.1 Å². The highest BCUT2D eigenvalue weighted by atomic mass is 32.2. The minimum atomic E-state index is -3.48. The van der Waals surface area contributed by atoms with E-state index in [1.165, 1.54) is 4.31 Å². The molecule has 2 aromatic rings. The summed E-state index contributed by atoms with van der Waals surface area (Å²) in [7, 11) is -3.48. The van der Waals surface area contributed by atoms with Gasteiger partial charge in [0, 0.05) is 24.7 Å². The van der Waals surface area contributed by atoms with Crippen LogP contribution in [0.2, 0.25) is 0 Å². The van der Waals surface area contributed by atoms with Gasteiger partial charge < -0.3 is 14.8 Å². The molecule has 150 valence electrons. The van der Waals surface area contributed by atoms with Crippen molar-refractivity contribution >= 4 is 27.3 Å². The number of carbonyl (C=O) groups excluding carboxylic acids is 1. The van der Waals surface area contributed by atoms with Crippen molar-refractivity contribution in [3.05, 3.63) is 48.5 Å². The minimum Gasteiger partial charge on any atom is -0.491 e. The number of rotatable bonds is 5. The van der Waals surface area contributed by atoms with Crippen LogP contribution < -0.4 is 19.1 Å². The zero-order valence-electron chi connectivity index (χ0n) is 16.1. The molecule has 1 aliphatic heterocycles. The summed E-state index contributed by atoms with van der Waals surface area (Å²) < 4.78 is 37.1. The van der Waals surface area contributed by atoms with Crippen molar-refractivity contribution in [2.45, 2.75) is 32.5 Å². The topological polar surface area (TPSA) is 84.9 Å². The summed E-state index contributed by atoms with van der Waals surface area (Å²) in [4.78, 5) is 12.8. The molecule has 3 rings (SSSR count). The number of sulfonamides is 1. The Hall–Kier alpha value is -2.74. The number of nitrogens with one attached hydrogen (secondary N) is 1. The van der Waals surface area contributed by atoms with Crippen molar-refractivity contribution in [2.24, 2.45) is 0 Å². The molecular formula is C20H24N2O5S. The maximum atomic E-state index is 12.8. The fourth-order valence-corrected chi connectivity index (χ4v) is 3.95. The molecule has 0 saturated heterocycles. The number of benzene rings is 2. The average molecular weight is 404 g/mol. The summed E-state index contributed by atoms with van der Waals surface area (Å²) in [6, 6.07) is 13.9. The lowest BCUT2D eigenvalue weighted by molar-refractivity contribution is -0.122. The Kier molecular flexibility index (Phi) is 5.79. The number of anilines is 2. The normalized spacial score (nSPS) is 16.7. The number of fused-ring (bicyclic) bond motifs is 1. The van der Waals surface area contributed by atoms with E-state index < -0.39 is 16.1 Å². The largest absolute Gasteiger partial charge is 0.491 e. The van der Waals surface area contributed by atoms with Crippen LogP contribution in [0.15, 0.2) is 48.5 Å². The molecule has 1 N–H and O–H groups in total. The number of hydrogen-bond acceptors (Lipinski definition) is 5. The first-order valence-electron chi connectivity index (χ1n) is 9.05. The van der Waals surface area contributed by atoms with E-state index in [1.54, 1.807) is 42.5 Å². The standard InChI is InChI=1S/C20H24N2O5S/c1-14(2)26-16-8-6-7-15(13-16)21-20(23)19-11-12-22(28(3,24)25)17-9-4-5-10-18(17)27-19/h4-10,13-14,19H,11-12H2,1-3H3,(H,21,23). The van der Waals surface area contributed by atoms with Gasteiger partial charge in [0.25, 0.3) is 5.91 Å². The van der Waals surface area contributed by atoms with E-state index >= 15 is 0 Å². The van der Waals surface area contributed by atoms with Crippen LogP contribution in [-0.4, -0.2) is 39.3 Å². The van der Waals surface area contributed by atoms with Crippen LogP contribution in [0.4, 0.5) is 11.4 Å². The lowest BCUT2D eigenvalue weighted by Crippen LogP contribution is -2.35. The molecular weight excluding hydrogens is 380 g/mol. The third kappa shape index (κ3) is 4.75. The van der Waals surface area contributed by atoms with Crippen LogP contribution in [0.25, 0.3) is 0 Å². The van der Waals surface area contributed by atoms with Crippen LogP contribution in [0.5, 0.6) is 11.5 Å². The fourth-order valence-electron chi connectivity index (χ4n) is 3.00. The molecule has 0 saturated carbocycles. The van der Waals surface area contributed by atoms with Crippen LogP contribution in [-0.2, 0) is 14.8 Å². The predicted octanol–water partition coefficient (Wildman–Crippen LogP) is 3.03. The lowest BCUT2D eigenvalue weighted by atomic mass is 10.2. The Morgan fingerprint density at radius 2 is 1.96 bits per heavy atom. The van der Waals surface area contributed by atoms with Crippen molar-refractivity contribution in [2.75, 3.05) is 22.4 Å². The van der Waals surface area contributed by atoms with Gasteiger partial charge in [0.15, 0.2) is 6.10 Å². The van der Waals surface area contributed by atoms with Crippen LogP contribution >= 0.6 is 0 Å². The van der Waals surface area contributed by atoms with Crippen molar-refractivity contribution in [3.8, 4) is 11.5 Å². The van der Waals surface area contributed by atoms with Gasteiger partial charge in [0.1, 0.15) is 11.5 Å². The molecule has 0 radical (unpaired) electrons. The zero-order valence-corrected chi connectivity index (χ0v) is 16.9. The molecule has 1 aliphatic rings. The quantitative estimate of drug-likeness (QED) is 0.828. The molecule has 28 heavy (non-hydrogen) atoms. The van der Waals surface area contributed by atoms with Gasteiger partial charge in [-0.25, -0.2) is 8.42 Å². The van der Waals surface area contributed by atoms with Gasteiger partial charge in [0.05, 0.1) is 18.0 Å². The maximum absolute atomic E-state index is 12.8. The van der Waals surface area contributed by atoms with Crippen molar-refractivity contribution in [3.63, 3.8) is 0 Å².